The largest absolute Gasteiger partial charge is 0.324 e. The van der Waals surface area contributed by atoms with Gasteiger partial charge in [0.05, 0.1) is 11.0 Å². The maximum atomic E-state index is 5.33. The maximum absolute atomic E-state index is 5.33. The Balaban J connectivity index is 1.17. The molecule has 5 aromatic carbocycles. The van der Waals surface area contributed by atoms with Gasteiger partial charge in [-0.15, -0.1) is 19.7 Å². The van der Waals surface area contributed by atoms with Gasteiger partial charge in [0.1, 0.15) is 28.4 Å². The molecule has 2 N–H and O–H groups in total. The SMILES string of the molecule is C=CCC(CC=C)(CC=C)c1ccc(-c2nc3cc4c(cc3n2CCC)-c2nc-4nc3[nH]c(nc4nc(nc5[nH]c(n2)c2ccccc52)-c2ccccc2-4)c2ccccc32)cc1. The smallest absolute Gasteiger partial charge is 0.164 e. The molecule has 0 saturated heterocycles. The number of allylic oxidation sites excluding steroid dienone is 3. The number of aromatic nitrogens is 10. The molecule has 10 heteroatoms. The molecule has 0 spiro atoms. The predicted molar refractivity (Wildman–Crippen MR) is 251 cm³/mol. The van der Waals surface area contributed by atoms with Crippen LogP contribution in [0.15, 0.2) is 147 Å². The van der Waals surface area contributed by atoms with Gasteiger partial charge < -0.3 is 14.5 Å². The van der Waals surface area contributed by atoms with E-state index in [-0.39, 0.29) is 5.41 Å². The van der Waals surface area contributed by atoms with Crippen LogP contribution in [-0.4, -0.2) is 49.4 Å². The fraction of sp³-hybridized carbons (Fsp3) is 0.135. The van der Waals surface area contributed by atoms with Gasteiger partial charge in [-0.1, -0.05) is 122 Å². The van der Waals surface area contributed by atoms with Gasteiger partial charge in [0.2, 0.25) is 0 Å². The average molecular weight is 807 g/mol. The molecule has 10 nitrogen and oxygen atoms in total. The third kappa shape index (κ3) is 5.89. The van der Waals surface area contributed by atoms with Gasteiger partial charge >= 0.3 is 0 Å². The zero-order valence-corrected chi connectivity index (χ0v) is 34.4. The number of aryl methyl sites for hydroxylation is 1. The van der Waals surface area contributed by atoms with E-state index in [1.807, 2.05) is 72.8 Å². The zero-order valence-electron chi connectivity index (χ0n) is 34.4. The monoisotopic (exact) mass is 806 g/mol. The highest BCUT2D eigenvalue weighted by atomic mass is 15.1. The van der Waals surface area contributed by atoms with E-state index in [1.54, 1.807) is 0 Å². The van der Waals surface area contributed by atoms with E-state index in [4.69, 9.17) is 34.9 Å². The van der Waals surface area contributed by atoms with Crippen molar-refractivity contribution in [3.8, 4) is 56.9 Å². The second kappa shape index (κ2) is 14.7. The van der Waals surface area contributed by atoms with Crippen molar-refractivity contribution in [3.63, 3.8) is 0 Å². The lowest BCUT2D eigenvalue weighted by molar-refractivity contribution is 0.442. The Kier molecular flexibility index (Phi) is 8.82. The lowest BCUT2D eigenvalue weighted by Gasteiger charge is -2.32. The summed E-state index contributed by atoms with van der Waals surface area (Å²) in [5, 5.41) is 3.69. The molecule has 0 saturated carbocycles. The van der Waals surface area contributed by atoms with Crippen molar-refractivity contribution in [1.82, 2.24) is 49.4 Å². The Labute approximate surface area is 357 Å². The highest BCUT2D eigenvalue weighted by Gasteiger charge is 2.29. The summed E-state index contributed by atoms with van der Waals surface area (Å²) in [4.78, 5) is 43.4. The molecule has 300 valence electrons. The van der Waals surface area contributed by atoms with Crippen LogP contribution in [0.1, 0.15) is 38.2 Å². The summed E-state index contributed by atoms with van der Waals surface area (Å²) in [6.45, 7) is 15.2. The molecule has 9 aromatic rings. The van der Waals surface area contributed by atoms with Crippen LogP contribution in [0.25, 0.3) is 112 Å². The Morgan fingerprint density at radius 3 is 1.40 bits per heavy atom. The lowest BCUT2D eigenvalue weighted by atomic mass is 9.72. The molecule has 2 aliphatic heterocycles. The van der Waals surface area contributed by atoms with Crippen molar-refractivity contribution in [2.24, 2.45) is 0 Å². The van der Waals surface area contributed by atoms with Crippen LogP contribution >= 0.6 is 0 Å². The van der Waals surface area contributed by atoms with Gasteiger partial charge in [-0.25, -0.2) is 34.9 Å². The summed E-state index contributed by atoms with van der Waals surface area (Å²) in [6.07, 6.45) is 9.40. The van der Waals surface area contributed by atoms with Crippen molar-refractivity contribution >= 4 is 55.2 Å². The molecule has 0 atom stereocenters. The first kappa shape index (κ1) is 37.2. The van der Waals surface area contributed by atoms with E-state index in [1.165, 1.54) is 5.56 Å². The van der Waals surface area contributed by atoms with Crippen LogP contribution in [0, 0.1) is 0 Å². The minimum atomic E-state index is -0.143. The summed E-state index contributed by atoms with van der Waals surface area (Å²) in [6, 6.07) is 37.5. The van der Waals surface area contributed by atoms with Gasteiger partial charge in [-0.05, 0) is 43.4 Å². The minimum Gasteiger partial charge on any atom is -0.324 e. The summed E-state index contributed by atoms with van der Waals surface area (Å²) >= 11 is 0. The Morgan fingerprint density at radius 1 is 0.516 bits per heavy atom. The van der Waals surface area contributed by atoms with E-state index < -0.39 is 0 Å². The lowest BCUT2D eigenvalue weighted by Crippen LogP contribution is -2.24. The molecular weight excluding hydrogens is 765 g/mol. The molecule has 0 fully saturated rings. The molecular formula is C52H42N10. The van der Waals surface area contributed by atoms with Crippen LogP contribution in [-0.2, 0) is 12.0 Å². The molecule has 0 radical (unpaired) electrons. The van der Waals surface area contributed by atoms with Crippen molar-refractivity contribution in [2.45, 2.75) is 44.6 Å². The van der Waals surface area contributed by atoms with Crippen molar-refractivity contribution in [1.29, 1.82) is 0 Å². The third-order valence-electron chi connectivity index (χ3n) is 12.2. The third-order valence-corrected chi connectivity index (χ3v) is 12.2. The number of rotatable bonds is 10. The number of benzene rings is 5. The second-order valence-corrected chi connectivity index (χ2v) is 16.1. The number of nitrogens with zero attached hydrogens (tertiary/aromatic N) is 8. The standard InChI is InChI=1S/C52H42N10/c1-5-25-52(26-6-2,27-7-3)32-23-21-31(22-24-32)51-53-41-29-39-40(30-42(41)62(51)28-8-4)50-60-48-38-20-14-12-18-36(38)46(58-48)56-44-34-16-10-9-15-33(34)43(54-44)55-45-35-17-11-13-19-37(35)47(57-45)59-49(39)61-50/h5-7,9-24,29-30H,1-3,8,25-28H2,4H3,(H2,54,55,56,57,58,59,60,61). The first-order chi connectivity index (χ1) is 30.5. The highest BCUT2D eigenvalue weighted by molar-refractivity contribution is 6.06. The average Bonchev–Trinajstić information content (AvgIpc) is 4.10. The number of nitrogens with one attached hydrogen (secondary N) is 2. The van der Waals surface area contributed by atoms with Gasteiger partial charge in [0.15, 0.2) is 23.3 Å². The minimum absolute atomic E-state index is 0.143. The number of hydrogen-bond acceptors (Lipinski definition) is 7. The first-order valence-corrected chi connectivity index (χ1v) is 21.1. The molecule has 0 amide bonds. The van der Waals surface area contributed by atoms with Crippen molar-refractivity contribution < 1.29 is 0 Å². The number of hydrogen-bond donors (Lipinski definition) is 2. The number of imidazole rings is 1. The van der Waals surface area contributed by atoms with Gasteiger partial charge in [-0.3, -0.25) is 0 Å². The topological polar surface area (TPSA) is 127 Å². The summed E-state index contributed by atoms with van der Waals surface area (Å²) in [5.74, 6) is 3.13. The zero-order chi connectivity index (χ0) is 42.0. The van der Waals surface area contributed by atoms with Crippen LogP contribution in [0.3, 0.4) is 0 Å². The number of aromatic amines is 2. The normalized spacial score (nSPS) is 12.1. The van der Waals surface area contributed by atoms with Crippen LogP contribution in [0.4, 0.5) is 0 Å². The Morgan fingerprint density at radius 2 is 0.952 bits per heavy atom. The molecule has 6 heterocycles. The van der Waals surface area contributed by atoms with E-state index in [9.17, 15) is 0 Å². The highest BCUT2D eigenvalue weighted by Crippen LogP contribution is 2.41. The summed E-state index contributed by atoms with van der Waals surface area (Å²) in [7, 11) is 0. The summed E-state index contributed by atoms with van der Waals surface area (Å²) < 4.78 is 2.32. The predicted octanol–water partition coefficient (Wildman–Crippen LogP) is 12.3. The van der Waals surface area contributed by atoms with E-state index in [0.717, 1.165) is 98.4 Å². The van der Waals surface area contributed by atoms with Crippen LogP contribution < -0.4 is 0 Å². The fourth-order valence-electron chi connectivity index (χ4n) is 9.33. The van der Waals surface area contributed by atoms with E-state index in [2.05, 4.69) is 95.8 Å². The van der Waals surface area contributed by atoms with Gasteiger partial charge in [0.25, 0.3) is 0 Å². The Hall–Kier alpha value is -7.85. The molecule has 11 rings (SSSR count). The maximum Gasteiger partial charge on any atom is 0.164 e. The van der Waals surface area contributed by atoms with Gasteiger partial charge in [-0.2, -0.15) is 0 Å². The number of fused-ring (bicyclic) bond motifs is 21. The second-order valence-electron chi connectivity index (χ2n) is 16.1. The fourth-order valence-corrected chi connectivity index (χ4v) is 9.33. The van der Waals surface area contributed by atoms with E-state index >= 15 is 0 Å². The van der Waals surface area contributed by atoms with Gasteiger partial charge in [0, 0.05) is 61.3 Å². The van der Waals surface area contributed by atoms with E-state index in [0.29, 0.717) is 45.9 Å². The van der Waals surface area contributed by atoms with Crippen molar-refractivity contribution in [3.05, 3.63) is 153 Å². The van der Waals surface area contributed by atoms with Crippen molar-refractivity contribution in [2.75, 3.05) is 0 Å². The number of H-pyrrole nitrogens is 2. The Bertz CT molecular complexity index is 3450. The molecule has 0 unspecified atom stereocenters. The quantitative estimate of drug-likeness (QED) is 0.132. The summed E-state index contributed by atoms with van der Waals surface area (Å²) in [5.41, 5.74) is 10.1. The molecule has 62 heavy (non-hydrogen) atoms. The first-order valence-electron chi connectivity index (χ1n) is 21.1. The molecule has 8 bridgehead atoms. The molecule has 4 aromatic heterocycles. The van der Waals surface area contributed by atoms with Crippen LogP contribution in [0.5, 0.6) is 0 Å². The molecule has 0 aliphatic carbocycles. The molecule has 2 aliphatic rings. The van der Waals surface area contributed by atoms with Crippen LogP contribution in [0.2, 0.25) is 0 Å².